The maximum atomic E-state index is 12.1. The summed E-state index contributed by atoms with van der Waals surface area (Å²) in [6, 6.07) is 25.2. The van der Waals surface area contributed by atoms with Crippen LogP contribution in [0.15, 0.2) is 97.3 Å². The van der Waals surface area contributed by atoms with E-state index in [2.05, 4.69) is 14.9 Å². The quantitative estimate of drug-likeness (QED) is 0.400. The lowest BCUT2D eigenvalue weighted by atomic mass is 10.1. The Morgan fingerprint density at radius 1 is 0.967 bits per heavy atom. The van der Waals surface area contributed by atoms with Crippen molar-refractivity contribution in [3.05, 3.63) is 113 Å². The van der Waals surface area contributed by atoms with E-state index in [0.717, 1.165) is 28.2 Å². The van der Waals surface area contributed by atoms with Gasteiger partial charge < -0.3 is 9.88 Å². The maximum absolute atomic E-state index is 12.1. The van der Waals surface area contributed by atoms with Crippen molar-refractivity contribution >= 4 is 29.3 Å². The lowest BCUT2D eigenvalue weighted by Gasteiger charge is -2.09. The molecule has 0 aliphatic rings. The molecule has 0 bridgehead atoms. The van der Waals surface area contributed by atoms with Crippen molar-refractivity contribution < 1.29 is 4.79 Å². The van der Waals surface area contributed by atoms with E-state index >= 15 is 0 Å². The van der Waals surface area contributed by atoms with Gasteiger partial charge in [0.15, 0.2) is 0 Å². The summed E-state index contributed by atoms with van der Waals surface area (Å²) in [5.74, 6) is 0.723. The molecule has 1 heterocycles. The van der Waals surface area contributed by atoms with E-state index in [9.17, 15) is 4.79 Å². The predicted molar refractivity (Wildman–Crippen MR) is 122 cm³/mol. The first kappa shape index (κ1) is 19.7. The van der Waals surface area contributed by atoms with Gasteiger partial charge in [0.1, 0.15) is 5.82 Å². The molecule has 3 aromatic carbocycles. The van der Waals surface area contributed by atoms with Gasteiger partial charge in [-0.25, -0.2) is 4.98 Å². The van der Waals surface area contributed by atoms with E-state index in [0.29, 0.717) is 11.6 Å². The summed E-state index contributed by atoms with van der Waals surface area (Å²) in [4.78, 5) is 16.6. The van der Waals surface area contributed by atoms with E-state index in [-0.39, 0.29) is 5.91 Å². The number of carbonyl (C=O) groups is 1. The number of hydrogen-bond acceptors (Lipinski definition) is 2. The van der Waals surface area contributed by atoms with Crippen LogP contribution in [0.1, 0.15) is 11.1 Å². The number of imidazole rings is 1. The highest BCUT2D eigenvalue weighted by atomic mass is 35.5. The average Bonchev–Trinajstić information content (AvgIpc) is 3.23. The molecular formula is C25H20ClN3O. The van der Waals surface area contributed by atoms with Crippen molar-refractivity contribution in [1.82, 2.24) is 9.55 Å². The number of aromatic nitrogens is 2. The lowest BCUT2D eigenvalue weighted by molar-refractivity contribution is -0.111. The number of nitrogens with one attached hydrogen (secondary N) is 1. The second kappa shape index (κ2) is 9.25. The van der Waals surface area contributed by atoms with Crippen LogP contribution < -0.4 is 5.32 Å². The third-order valence-corrected chi connectivity index (χ3v) is 4.87. The highest BCUT2D eigenvalue weighted by Gasteiger charge is 2.07. The molecule has 0 saturated heterocycles. The third kappa shape index (κ3) is 5.04. The zero-order valence-electron chi connectivity index (χ0n) is 16.2. The zero-order chi connectivity index (χ0) is 20.8. The molecule has 0 unspecified atom stereocenters. The fourth-order valence-electron chi connectivity index (χ4n) is 3.11. The number of amides is 1. The van der Waals surface area contributed by atoms with E-state index < -0.39 is 0 Å². The molecule has 0 aliphatic heterocycles. The maximum Gasteiger partial charge on any atom is 0.248 e. The second-order valence-electron chi connectivity index (χ2n) is 6.82. The summed E-state index contributed by atoms with van der Waals surface area (Å²) in [5, 5.41) is 3.59. The largest absolute Gasteiger partial charge is 0.327 e. The molecule has 0 radical (unpaired) electrons. The Labute approximate surface area is 180 Å². The van der Waals surface area contributed by atoms with Gasteiger partial charge in [-0.3, -0.25) is 4.79 Å². The zero-order valence-corrected chi connectivity index (χ0v) is 17.0. The number of nitrogens with zero attached hydrogens (tertiary/aromatic N) is 2. The van der Waals surface area contributed by atoms with Crippen LogP contribution in [0.25, 0.3) is 17.5 Å². The molecule has 0 fully saturated rings. The van der Waals surface area contributed by atoms with Crippen molar-refractivity contribution in [2.45, 2.75) is 6.54 Å². The van der Waals surface area contributed by atoms with Gasteiger partial charge in [-0.2, -0.15) is 0 Å². The van der Waals surface area contributed by atoms with Crippen molar-refractivity contribution in [2.75, 3.05) is 5.32 Å². The monoisotopic (exact) mass is 413 g/mol. The van der Waals surface area contributed by atoms with Crippen LogP contribution >= 0.6 is 11.6 Å². The molecule has 1 N–H and O–H groups in total. The molecule has 0 atom stereocenters. The summed E-state index contributed by atoms with van der Waals surface area (Å²) in [6.07, 6.45) is 7.07. The summed E-state index contributed by atoms with van der Waals surface area (Å²) in [7, 11) is 0. The number of benzene rings is 3. The van der Waals surface area contributed by atoms with E-state index in [4.69, 9.17) is 11.6 Å². The van der Waals surface area contributed by atoms with Gasteiger partial charge in [0.25, 0.3) is 0 Å². The van der Waals surface area contributed by atoms with Gasteiger partial charge in [0.05, 0.1) is 0 Å². The molecule has 5 heteroatoms. The summed E-state index contributed by atoms with van der Waals surface area (Å²) >= 11 is 5.98. The number of anilines is 1. The second-order valence-corrected chi connectivity index (χ2v) is 7.25. The molecular weight excluding hydrogens is 394 g/mol. The summed E-state index contributed by atoms with van der Waals surface area (Å²) < 4.78 is 2.08. The Hall–Kier alpha value is -3.63. The number of hydrogen-bond donors (Lipinski definition) is 1. The van der Waals surface area contributed by atoms with Crippen molar-refractivity contribution in [3.63, 3.8) is 0 Å². The Morgan fingerprint density at radius 3 is 2.43 bits per heavy atom. The summed E-state index contributed by atoms with van der Waals surface area (Å²) in [5.41, 5.74) is 3.87. The Kier molecular flexibility index (Phi) is 6.06. The van der Waals surface area contributed by atoms with E-state index in [1.807, 2.05) is 85.1 Å². The van der Waals surface area contributed by atoms with Gasteiger partial charge in [0, 0.05) is 41.3 Å². The minimum Gasteiger partial charge on any atom is -0.327 e. The molecule has 4 rings (SSSR count). The van der Waals surface area contributed by atoms with Crippen LogP contribution in [-0.4, -0.2) is 15.5 Å². The Bertz CT molecular complexity index is 1150. The smallest absolute Gasteiger partial charge is 0.248 e. The van der Waals surface area contributed by atoms with E-state index in [1.54, 1.807) is 12.3 Å². The van der Waals surface area contributed by atoms with Crippen LogP contribution in [0.2, 0.25) is 5.02 Å². The topological polar surface area (TPSA) is 46.9 Å². The highest BCUT2D eigenvalue weighted by Crippen LogP contribution is 2.21. The Morgan fingerprint density at radius 2 is 1.70 bits per heavy atom. The van der Waals surface area contributed by atoms with Gasteiger partial charge in [-0.15, -0.1) is 0 Å². The first-order valence-corrected chi connectivity index (χ1v) is 9.95. The first-order valence-electron chi connectivity index (χ1n) is 9.57. The molecule has 30 heavy (non-hydrogen) atoms. The van der Waals surface area contributed by atoms with Gasteiger partial charge in [0.2, 0.25) is 5.91 Å². The fraction of sp³-hybridized carbons (Fsp3) is 0.0400. The van der Waals surface area contributed by atoms with Crippen molar-refractivity contribution in [1.29, 1.82) is 0 Å². The number of carbonyl (C=O) groups excluding carboxylic acids is 1. The summed E-state index contributed by atoms with van der Waals surface area (Å²) in [6.45, 7) is 0.681. The molecule has 4 nitrogen and oxygen atoms in total. The van der Waals surface area contributed by atoms with Crippen LogP contribution in [0.4, 0.5) is 5.69 Å². The van der Waals surface area contributed by atoms with Gasteiger partial charge >= 0.3 is 0 Å². The van der Waals surface area contributed by atoms with Crippen molar-refractivity contribution in [2.24, 2.45) is 0 Å². The highest BCUT2D eigenvalue weighted by molar-refractivity contribution is 6.30. The normalized spacial score (nSPS) is 11.0. The van der Waals surface area contributed by atoms with Gasteiger partial charge in [-0.1, -0.05) is 54.1 Å². The minimum absolute atomic E-state index is 0.161. The molecule has 148 valence electrons. The predicted octanol–water partition coefficient (Wildman–Crippen LogP) is 5.90. The average molecular weight is 414 g/mol. The standard InChI is InChI=1S/C25H20ClN3O/c26-22-11-9-21(10-12-22)25-27-16-17-29(25)18-20-6-13-23(14-7-20)28-24(30)15-8-19-4-2-1-3-5-19/h1-17H,18H2,(H,28,30). The van der Waals surface area contributed by atoms with Crippen LogP contribution in [0, 0.1) is 0 Å². The van der Waals surface area contributed by atoms with Crippen LogP contribution in [-0.2, 0) is 11.3 Å². The van der Waals surface area contributed by atoms with Crippen LogP contribution in [0.3, 0.4) is 0 Å². The Balaban J connectivity index is 1.40. The molecule has 0 aliphatic carbocycles. The SMILES string of the molecule is O=C(C=Cc1ccccc1)Nc1ccc(Cn2ccnc2-c2ccc(Cl)cc2)cc1. The minimum atomic E-state index is -0.161. The van der Waals surface area contributed by atoms with Crippen molar-refractivity contribution in [3.8, 4) is 11.4 Å². The van der Waals surface area contributed by atoms with Gasteiger partial charge in [-0.05, 0) is 53.6 Å². The first-order chi connectivity index (χ1) is 14.7. The van der Waals surface area contributed by atoms with E-state index in [1.165, 1.54) is 6.08 Å². The fourth-order valence-corrected chi connectivity index (χ4v) is 3.23. The molecule has 4 aromatic rings. The van der Waals surface area contributed by atoms with Crippen LogP contribution in [0.5, 0.6) is 0 Å². The lowest BCUT2D eigenvalue weighted by Crippen LogP contribution is -2.08. The third-order valence-electron chi connectivity index (χ3n) is 4.62. The molecule has 1 amide bonds. The number of halogens is 1. The number of rotatable bonds is 6. The molecule has 0 spiro atoms. The molecule has 1 aromatic heterocycles. The molecule has 0 saturated carbocycles.